The monoisotopic (exact) mass is 404 g/mol. The molecule has 1 N–H and O–H groups in total. The largest absolute Gasteiger partial charge is 0.504 e. The maximum atomic E-state index is 14.3. The Balaban J connectivity index is 2.66. The van der Waals surface area contributed by atoms with Crippen LogP contribution in [0, 0.1) is 5.82 Å². The maximum absolute atomic E-state index is 14.3. The summed E-state index contributed by atoms with van der Waals surface area (Å²) in [6.07, 6.45) is 0.0816. The van der Waals surface area contributed by atoms with Crippen LogP contribution in [0.2, 0.25) is 0 Å². The first-order valence-corrected chi connectivity index (χ1v) is 9.32. The van der Waals surface area contributed by atoms with Gasteiger partial charge >= 0.3 is 5.97 Å². The minimum absolute atomic E-state index is 0.135. The third-order valence-electron chi connectivity index (χ3n) is 4.53. The number of carbonyl (C=O) groups excluding carboxylic acids is 2. The highest BCUT2D eigenvalue weighted by atomic mass is 19.1. The third kappa shape index (κ3) is 4.56. The van der Waals surface area contributed by atoms with Crippen LogP contribution in [0.15, 0.2) is 30.3 Å². The van der Waals surface area contributed by atoms with Gasteiger partial charge in [0.1, 0.15) is 0 Å². The van der Waals surface area contributed by atoms with Crippen LogP contribution in [-0.2, 0) is 20.7 Å². The molecule has 0 spiro atoms. The Morgan fingerprint density at radius 1 is 1.10 bits per heavy atom. The molecule has 0 saturated heterocycles. The number of ketones is 1. The molecule has 2 aromatic carbocycles. The maximum Gasteiger partial charge on any atom is 0.339 e. The van der Waals surface area contributed by atoms with E-state index in [1.165, 1.54) is 32.4 Å². The molecule has 0 saturated carbocycles. The number of rotatable bonds is 9. The van der Waals surface area contributed by atoms with Crippen molar-refractivity contribution in [3.8, 4) is 11.5 Å². The number of ether oxygens (including phenoxy) is 3. The van der Waals surface area contributed by atoms with Crippen LogP contribution in [-0.4, -0.2) is 37.7 Å². The molecule has 1 unspecified atom stereocenters. The third-order valence-corrected chi connectivity index (χ3v) is 4.53. The summed E-state index contributed by atoms with van der Waals surface area (Å²) < 4.78 is 29.7. The second-order valence-electron chi connectivity index (χ2n) is 6.31. The molecule has 1 atom stereocenters. The van der Waals surface area contributed by atoms with Crippen LogP contribution in [0.5, 0.6) is 11.5 Å². The van der Waals surface area contributed by atoms with Gasteiger partial charge in [0.05, 0.1) is 19.8 Å². The molecule has 0 aliphatic heterocycles. The summed E-state index contributed by atoms with van der Waals surface area (Å²) in [4.78, 5) is 25.6. The molecule has 156 valence electrons. The molecule has 0 aliphatic carbocycles. The van der Waals surface area contributed by atoms with Crippen molar-refractivity contribution in [1.29, 1.82) is 0 Å². The SMILES string of the molecule is CCCOC(C(=O)OC)c1c(CC)cccc1C(=O)c1ccc(OC)c(F)c1O. The van der Waals surface area contributed by atoms with Gasteiger partial charge in [0.25, 0.3) is 0 Å². The average molecular weight is 404 g/mol. The van der Waals surface area contributed by atoms with Crippen LogP contribution in [0.3, 0.4) is 0 Å². The number of aryl methyl sites for hydroxylation is 1. The Morgan fingerprint density at radius 3 is 2.41 bits per heavy atom. The number of aromatic hydroxyl groups is 1. The van der Waals surface area contributed by atoms with Crippen molar-refractivity contribution < 1.29 is 33.3 Å². The topological polar surface area (TPSA) is 82.1 Å². The Hall–Kier alpha value is -2.93. The Labute approximate surface area is 169 Å². The molecular formula is C22H25FO6. The average Bonchev–Trinajstić information content (AvgIpc) is 2.75. The summed E-state index contributed by atoms with van der Waals surface area (Å²) in [5.74, 6) is -3.30. The lowest BCUT2D eigenvalue weighted by molar-refractivity contribution is -0.154. The zero-order valence-corrected chi connectivity index (χ0v) is 17.0. The molecule has 6 nitrogen and oxygen atoms in total. The zero-order valence-electron chi connectivity index (χ0n) is 17.0. The molecular weight excluding hydrogens is 379 g/mol. The number of hydrogen-bond donors (Lipinski definition) is 1. The van der Waals surface area contributed by atoms with E-state index in [1.54, 1.807) is 12.1 Å². The van der Waals surface area contributed by atoms with E-state index in [0.717, 1.165) is 5.56 Å². The van der Waals surface area contributed by atoms with Gasteiger partial charge in [-0.1, -0.05) is 32.0 Å². The van der Waals surface area contributed by atoms with Crippen molar-refractivity contribution in [3.05, 3.63) is 58.4 Å². The van der Waals surface area contributed by atoms with Crippen molar-refractivity contribution >= 4 is 11.8 Å². The van der Waals surface area contributed by atoms with E-state index >= 15 is 0 Å². The first kappa shape index (κ1) is 22.4. The van der Waals surface area contributed by atoms with Crippen molar-refractivity contribution in [2.24, 2.45) is 0 Å². The molecule has 2 aromatic rings. The Kier molecular flexibility index (Phi) is 7.73. The summed E-state index contributed by atoms with van der Waals surface area (Å²) in [5.41, 5.74) is 0.972. The molecule has 0 heterocycles. The van der Waals surface area contributed by atoms with E-state index in [1.807, 2.05) is 13.8 Å². The van der Waals surface area contributed by atoms with Gasteiger partial charge in [0.2, 0.25) is 5.82 Å². The fraction of sp³-hybridized carbons (Fsp3) is 0.364. The van der Waals surface area contributed by atoms with Gasteiger partial charge in [0.15, 0.2) is 23.4 Å². The first-order valence-electron chi connectivity index (χ1n) is 9.32. The lowest BCUT2D eigenvalue weighted by atomic mass is 9.90. The number of benzene rings is 2. The second-order valence-corrected chi connectivity index (χ2v) is 6.31. The molecule has 0 bridgehead atoms. The van der Waals surface area contributed by atoms with Crippen molar-refractivity contribution in [3.63, 3.8) is 0 Å². The van der Waals surface area contributed by atoms with Gasteiger partial charge < -0.3 is 19.3 Å². The van der Waals surface area contributed by atoms with Crippen LogP contribution >= 0.6 is 0 Å². The second kappa shape index (κ2) is 10.0. The number of phenols is 1. The van der Waals surface area contributed by atoms with Crippen LogP contribution in [0.1, 0.15) is 53.4 Å². The molecule has 29 heavy (non-hydrogen) atoms. The summed E-state index contributed by atoms with van der Waals surface area (Å²) in [5, 5.41) is 10.2. The van der Waals surface area contributed by atoms with Crippen molar-refractivity contribution in [2.45, 2.75) is 32.8 Å². The van der Waals surface area contributed by atoms with Gasteiger partial charge in [0, 0.05) is 17.7 Å². The van der Waals surface area contributed by atoms with Crippen LogP contribution < -0.4 is 4.74 Å². The number of hydrogen-bond acceptors (Lipinski definition) is 6. The Bertz CT molecular complexity index is 893. The van der Waals surface area contributed by atoms with Crippen LogP contribution in [0.25, 0.3) is 0 Å². The molecule has 0 fully saturated rings. The van der Waals surface area contributed by atoms with Crippen molar-refractivity contribution in [1.82, 2.24) is 0 Å². The number of esters is 1. The molecule has 2 rings (SSSR count). The number of methoxy groups -OCH3 is 2. The van der Waals surface area contributed by atoms with Gasteiger partial charge in [-0.25, -0.2) is 4.79 Å². The lowest BCUT2D eigenvalue weighted by Gasteiger charge is -2.22. The highest BCUT2D eigenvalue weighted by Gasteiger charge is 2.31. The standard InChI is InChI=1S/C22H25FO6/c1-5-12-29-21(22(26)28-4)17-13(6-2)8-7-9-14(17)19(24)15-10-11-16(27-3)18(23)20(15)25/h7-11,21,25H,5-6,12H2,1-4H3. The number of halogens is 1. The predicted octanol–water partition coefficient (Wildman–Crippen LogP) is 3.97. The predicted molar refractivity (Wildman–Crippen MR) is 105 cm³/mol. The molecule has 0 radical (unpaired) electrons. The van der Waals surface area contributed by atoms with Gasteiger partial charge in [-0.3, -0.25) is 4.79 Å². The van der Waals surface area contributed by atoms with Crippen LogP contribution in [0.4, 0.5) is 4.39 Å². The minimum atomic E-state index is -1.11. The highest BCUT2D eigenvalue weighted by Crippen LogP contribution is 2.34. The molecule has 0 aliphatic rings. The van der Waals surface area contributed by atoms with E-state index < -0.39 is 29.4 Å². The van der Waals surface area contributed by atoms with E-state index in [4.69, 9.17) is 14.2 Å². The minimum Gasteiger partial charge on any atom is -0.504 e. The molecule has 0 aromatic heterocycles. The number of carbonyl (C=O) groups is 2. The molecule has 7 heteroatoms. The normalized spacial score (nSPS) is 11.8. The highest BCUT2D eigenvalue weighted by molar-refractivity contribution is 6.12. The molecule has 0 amide bonds. The van der Waals surface area contributed by atoms with Gasteiger partial charge in [-0.05, 0) is 30.5 Å². The van der Waals surface area contributed by atoms with Gasteiger partial charge in [-0.15, -0.1) is 0 Å². The lowest BCUT2D eigenvalue weighted by Crippen LogP contribution is -2.23. The smallest absolute Gasteiger partial charge is 0.339 e. The fourth-order valence-corrected chi connectivity index (χ4v) is 3.07. The van der Waals surface area contributed by atoms with E-state index in [9.17, 15) is 19.1 Å². The quantitative estimate of drug-likeness (QED) is 0.503. The summed E-state index contributed by atoms with van der Waals surface area (Å²) in [6.45, 7) is 4.06. The van der Waals surface area contributed by atoms with Gasteiger partial charge in [-0.2, -0.15) is 4.39 Å². The fourth-order valence-electron chi connectivity index (χ4n) is 3.07. The first-order chi connectivity index (χ1) is 13.9. The summed E-state index contributed by atoms with van der Waals surface area (Å²) in [7, 11) is 2.50. The van der Waals surface area contributed by atoms with E-state index in [0.29, 0.717) is 18.4 Å². The Morgan fingerprint density at radius 2 is 1.83 bits per heavy atom. The zero-order chi connectivity index (χ0) is 21.6. The summed E-state index contributed by atoms with van der Waals surface area (Å²) in [6, 6.07) is 7.51. The summed E-state index contributed by atoms with van der Waals surface area (Å²) >= 11 is 0. The number of phenolic OH excluding ortho intramolecular Hbond substituents is 1. The van der Waals surface area contributed by atoms with E-state index in [-0.39, 0.29) is 23.5 Å². The van der Waals surface area contributed by atoms with E-state index in [2.05, 4.69) is 0 Å². The van der Waals surface area contributed by atoms with Crippen molar-refractivity contribution in [2.75, 3.05) is 20.8 Å².